The van der Waals surface area contributed by atoms with Crippen molar-refractivity contribution in [2.24, 2.45) is 0 Å². The number of amides is 4. The number of non-ortho nitro benzene ring substituents is 1. The first-order valence-electron chi connectivity index (χ1n) is 12.2. The van der Waals surface area contributed by atoms with Crippen LogP contribution in [0.5, 0.6) is 5.75 Å². The van der Waals surface area contributed by atoms with Gasteiger partial charge >= 0.3 is 5.97 Å². The van der Waals surface area contributed by atoms with E-state index in [1.54, 1.807) is 42.5 Å². The molecule has 2 N–H and O–H groups in total. The summed E-state index contributed by atoms with van der Waals surface area (Å²) in [5.41, 5.74) is 1.33. The van der Waals surface area contributed by atoms with Crippen molar-refractivity contribution in [2.75, 3.05) is 11.9 Å². The molecule has 3 aromatic carbocycles. The van der Waals surface area contributed by atoms with Crippen LogP contribution in [0.25, 0.3) is 0 Å². The number of nitro groups is 1. The molecule has 0 spiro atoms. The van der Waals surface area contributed by atoms with E-state index in [1.165, 1.54) is 25.1 Å². The van der Waals surface area contributed by atoms with E-state index < -0.39 is 28.6 Å². The molecule has 0 radical (unpaired) electrons. The molecule has 0 bridgehead atoms. The first-order valence-corrected chi connectivity index (χ1v) is 12.2. The van der Waals surface area contributed by atoms with Gasteiger partial charge < -0.3 is 15.4 Å². The first kappa shape index (κ1) is 27.6. The fourth-order valence-corrected chi connectivity index (χ4v) is 4.11. The fraction of sp³-hybridized carbons (Fsp3) is 0.179. The molecule has 0 fully saturated rings. The zero-order valence-electron chi connectivity index (χ0n) is 21.3. The number of nitro benzene ring substituents is 1. The predicted octanol–water partition coefficient (Wildman–Crippen LogP) is 3.47. The molecule has 0 unspecified atom stereocenters. The van der Waals surface area contributed by atoms with Crippen LogP contribution in [0.4, 0.5) is 11.4 Å². The lowest BCUT2D eigenvalue weighted by Crippen LogP contribution is -2.32. The van der Waals surface area contributed by atoms with Gasteiger partial charge in [0.25, 0.3) is 23.4 Å². The molecule has 0 aromatic heterocycles. The number of ether oxygens (including phenoxy) is 1. The third kappa shape index (κ3) is 6.54. The van der Waals surface area contributed by atoms with Crippen LogP contribution in [-0.4, -0.2) is 46.0 Å². The summed E-state index contributed by atoms with van der Waals surface area (Å²) in [6.45, 7) is 1.44. The van der Waals surface area contributed by atoms with Crippen LogP contribution >= 0.6 is 0 Å². The van der Waals surface area contributed by atoms with Crippen molar-refractivity contribution < 1.29 is 33.6 Å². The highest BCUT2D eigenvalue weighted by atomic mass is 16.6. The van der Waals surface area contributed by atoms with Gasteiger partial charge in [-0.3, -0.25) is 39.0 Å². The van der Waals surface area contributed by atoms with Gasteiger partial charge in [-0.2, -0.15) is 0 Å². The highest BCUT2D eigenvalue weighted by Gasteiger charge is 2.36. The van der Waals surface area contributed by atoms with E-state index in [4.69, 9.17) is 4.74 Å². The zero-order valence-corrected chi connectivity index (χ0v) is 21.3. The van der Waals surface area contributed by atoms with Crippen LogP contribution < -0.4 is 15.4 Å². The number of rotatable bonds is 10. The van der Waals surface area contributed by atoms with Crippen LogP contribution in [0.1, 0.15) is 56.4 Å². The van der Waals surface area contributed by atoms with E-state index >= 15 is 0 Å². The van der Waals surface area contributed by atoms with Gasteiger partial charge in [-0.05, 0) is 48.4 Å². The summed E-state index contributed by atoms with van der Waals surface area (Å²) in [5.74, 6) is -2.12. The van der Waals surface area contributed by atoms with Crippen molar-refractivity contribution in [3.63, 3.8) is 0 Å². The Bertz CT molecular complexity index is 1530. The molecule has 204 valence electrons. The number of nitrogens with zero attached hydrogens (tertiary/aromatic N) is 2. The smallest absolute Gasteiger partial charge is 0.308 e. The number of fused-ring (bicyclic) bond motifs is 1. The molecule has 12 nitrogen and oxygen atoms in total. The van der Waals surface area contributed by atoms with E-state index in [2.05, 4.69) is 10.6 Å². The number of esters is 1. The molecular weight excluding hydrogens is 520 g/mol. The van der Waals surface area contributed by atoms with Gasteiger partial charge in [-0.25, -0.2) is 0 Å². The molecule has 3 aromatic rings. The van der Waals surface area contributed by atoms with Crippen molar-refractivity contribution in [3.05, 3.63) is 99.1 Å². The van der Waals surface area contributed by atoms with E-state index in [9.17, 15) is 34.1 Å². The van der Waals surface area contributed by atoms with Gasteiger partial charge in [0.1, 0.15) is 5.75 Å². The van der Waals surface area contributed by atoms with Crippen LogP contribution in [0.2, 0.25) is 0 Å². The highest BCUT2D eigenvalue weighted by Crippen LogP contribution is 2.27. The Morgan fingerprint density at radius 1 is 0.950 bits per heavy atom. The summed E-state index contributed by atoms with van der Waals surface area (Å²) in [6.07, 6.45) is 0.255. The maximum atomic E-state index is 12.6. The van der Waals surface area contributed by atoms with Gasteiger partial charge in [-0.15, -0.1) is 0 Å². The maximum absolute atomic E-state index is 12.6. The van der Waals surface area contributed by atoms with Gasteiger partial charge in [-0.1, -0.05) is 18.2 Å². The molecule has 1 aliphatic heterocycles. The van der Waals surface area contributed by atoms with Crippen molar-refractivity contribution in [2.45, 2.75) is 26.3 Å². The summed E-state index contributed by atoms with van der Waals surface area (Å²) in [7, 11) is 0. The minimum Gasteiger partial charge on any atom is -0.427 e. The van der Waals surface area contributed by atoms with Crippen molar-refractivity contribution >= 4 is 41.0 Å². The molecule has 0 atom stereocenters. The Morgan fingerprint density at radius 2 is 1.70 bits per heavy atom. The first-order chi connectivity index (χ1) is 19.1. The SMILES string of the molecule is CC(=O)Oc1cccc(C(=O)Nc2cccc(CNC(=O)CCCN3C(=O)c4ccc([N+](=O)[O-])cc4C3=O)c2)c1. The van der Waals surface area contributed by atoms with Crippen LogP contribution in [0.3, 0.4) is 0 Å². The summed E-state index contributed by atoms with van der Waals surface area (Å²) in [5, 5.41) is 16.5. The van der Waals surface area contributed by atoms with E-state index in [-0.39, 0.29) is 54.4 Å². The number of nitrogens with one attached hydrogen (secondary N) is 2. The second-order valence-electron chi connectivity index (χ2n) is 8.91. The van der Waals surface area contributed by atoms with Crippen LogP contribution in [0, 0.1) is 10.1 Å². The molecule has 1 heterocycles. The minimum atomic E-state index is -0.638. The Kier molecular flexibility index (Phi) is 8.28. The summed E-state index contributed by atoms with van der Waals surface area (Å²) in [4.78, 5) is 72.5. The topological polar surface area (TPSA) is 165 Å². The fourth-order valence-electron chi connectivity index (χ4n) is 4.11. The second-order valence-corrected chi connectivity index (χ2v) is 8.91. The lowest BCUT2D eigenvalue weighted by atomic mass is 10.1. The Morgan fingerprint density at radius 3 is 2.45 bits per heavy atom. The van der Waals surface area contributed by atoms with Crippen molar-refractivity contribution in [3.8, 4) is 5.75 Å². The van der Waals surface area contributed by atoms with Crippen molar-refractivity contribution in [1.82, 2.24) is 10.2 Å². The number of benzene rings is 3. The quantitative estimate of drug-likeness (QED) is 0.129. The number of anilines is 1. The summed E-state index contributed by atoms with van der Waals surface area (Å²) < 4.78 is 5.01. The molecule has 12 heteroatoms. The lowest BCUT2D eigenvalue weighted by molar-refractivity contribution is -0.384. The number of imide groups is 1. The molecule has 0 aliphatic carbocycles. The third-order valence-electron chi connectivity index (χ3n) is 5.98. The standard InChI is InChI=1S/C28H24N4O8/c1-17(33)40-22-8-3-6-19(14-22)26(35)30-20-7-2-5-18(13-20)16-29-25(34)9-4-12-31-27(36)23-11-10-21(32(38)39)15-24(23)28(31)37/h2-3,5-8,10-11,13-15H,4,9,12,16H2,1H3,(H,29,34)(H,30,35). The van der Waals surface area contributed by atoms with Crippen LogP contribution in [-0.2, 0) is 16.1 Å². The van der Waals surface area contributed by atoms with E-state index in [1.807, 2.05) is 0 Å². The summed E-state index contributed by atoms with van der Waals surface area (Å²) >= 11 is 0. The molecule has 4 amide bonds. The van der Waals surface area contributed by atoms with Gasteiger partial charge in [0.15, 0.2) is 0 Å². The minimum absolute atomic E-state index is 0.00621. The Hall–Kier alpha value is -5.39. The van der Waals surface area contributed by atoms with Gasteiger partial charge in [0, 0.05) is 49.8 Å². The number of hydrogen-bond donors (Lipinski definition) is 2. The van der Waals surface area contributed by atoms with Crippen LogP contribution in [0.15, 0.2) is 66.7 Å². The summed E-state index contributed by atoms with van der Waals surface area (Å²) in [6, 6.07) is 16.6. The maximum Gasteiger partial charge on any atom is 0.308 e. The monoisotopic (exact) mass is 544 g/mol. The zero-order chi connectivity index (χ0) is 28.8. The lowest BCUT2D eigenvalue weighted by Gasteiger charge is -2.13. The molecule has 40 heavy (non-hydrogen) atoms. The number of carbonyl (C=O) groups is 5. The third-order valence-corrected chi connectivity index (χ3v) is 5.98. The number of hydrogen-bond acceptors (Lipinski definition) is 8. The predicted molar refractivity (Wildman–Crippen MR) is 142 cm³/mol. The molecular formula is C28H24N4O8. The molecule has 0 saturated heterocycles. The van der Waals surface area contributed by atoms with Crippen molar-refractivity contribution in [1.29, 1.82) is 0 Å². The second kappa shape index (κ2) is 12.0. The average Bonchev–Trinajstić information content (AvgIpc) is 3.16. The molecule has 0 saturated carbocycles. The highest BCUT2D eigenvalue weighted by molar-refractivity contribution is 6.21. The molecule has 4 rings (SSSR count). The normalized spacial score (nSPS) is 12.1. The molecule has 1 aliphatic rings. The number of carbonyl (C=O) groups excluding carboxylic acids is 5. The van der Waals surface area contributed by atoms with E-state index in [0.29, 0.717) is 11.3 Å². The van der Waals surface area contributed by atoms with Gasteiger partial charge in [0.2, 0.25) is 5.91 Å². The van der Waals surface area contributed by atoms with E-state index in [0.717, 1.165) is 16.5 Å². The Balaban J connectivity index is 1.26. The largest absolute Gasteiger partial charge is 0.427 e. The van der Waals surface area contributed by atoms with Gasteiger partial charge in [0.05, 0.1) is 16.1 Å². The Labute approximate surface area is 228 Å². The average molecular weight is 545 g/mol.